The summed E-state index contributed by atoms with van der Waals surface area (Å²) in [5.74, 6) is 1.16. The van der Waals surface area contributed by atoms with Crippen LogP contribution < -0.4 is 5.32 Å². The molecule has 0 atom stereocenters. The number of rotatable bonds is 4. The zero-order chi connectivity index (χ0) is 12.3. The summed E-state index contributed by atoms with van der Waals surface area (Å²) in [7, 11) is 0. The van der Waals surface area contributed by atoms with Crippen LogP contribution >= 0.6 is 11.8 Å². The number of nitrogens with zero attached hydrogens (tertiary/aromatic N) is 4. The smallest absolute Gasteiger partial charge is 0.282 e. The van der Waals surface area contributed by atoms with Crippen molar-refractivity contribution in [2.24, 2.45) is 0 Å². The van der Waals surface area contributed by atoms with E-state index in [0.29, 0.717) is 17.1 Å². The van der Waals surface area contributed by atoms with Crippen LogP contribution in [-0.4, -0.2) is 26.7 Å². The molecule has 90 valence electrons. The topological polar surface area (TPSA) is 76.7 Å². The van der Waals surface area contributed by atoms with Gasteiger partial charge in [-0.1, -0.05) is 0 Å². The van der Waals surface area contributed by atoms with Crippen LogP contribution in [0.3, 0.4) is 0 Å². The largest absolute Gasteiger partial charge is 0.416 e. The van der Waals surface area contributed by atoms with Gasteiger partial charge in [-0.2, -0.15) is 0 Å². The molecule has 0 radical (unpaired) electrons. The Hall–Kier alpha value is -1.63. The lowest BCUT2D eigenvalue weighted by molar-refractivity contribution is 0.429. The first-order chi connectivity index (χ1) is 8.19. The summed E-state index contributed by atoms with van der Waals surface area (Å²) in [6.07, 6.45) is 1.77. The molecule has 0 saturated carbocycles. The minimum Gasteiger partial charge on any atom is -0.416 e. The molecule has 0 spiro atoms. The summed E-state index contributed by atoms with van der Waals surface area (Å²) in [4.78, 5) is 8.55. The van der Waals surface area contributed by atoms with Gasteiger partial charge in [-0.25, -0.2) is 9.97 Å². The highest BCUT2D eigenvalue weighted by Crippen LogP contribution is 2.27. The molecule has 0 fully saturated rings. The molecule has 0 unspecified atom stereocenters. The Morgan fingerprint density at radius 1 is 1.35 bits per heavy atom. The molecule has 0 bridgehead atoms. The quantitative estimate of drug-likeness (QED) is 0.833. The van der Waals surface area contributed by atoms with E-state index in [0.717, 1.165) is 17.1 Å². The molecular weight excluding hydrogens is 238 g/mol. The van der Waals surface area contributed by atoms with E-state index < -0.39 is 0 Å². The highest BCUT2D eigenvalue weighted by atomic mass is 32.2. The highest BCUT2D eigenvalue weighted by molar-refractivity contribution is 7.99. The second-order valence-corrected chi connectivity index (χ2v) is 4.34. The Balaban J connectivity index is 2.22. The van der Waals surface area contributed by atoms with Crippen molar-refractivity contribution in [1.29, 1.82) is 0 Å². The van der Waals surface area contributed by atoms with Crippen molar-refractivity contribution >= 4 is 17.7 Å². The number of nitrogens with one attached hydrogen (secondary N) is 1. The average Bonchev–Trinajstić information content (AvgIpc) is 2.69. The van der Waals surface area contributed by atoms with Crippen LogP contribution in [0.4, 0.5) is 5.95 Å². The second kappa shape index (κ2) is 5.13. The minimum absolute atomic E-state index is 0.492. The number of anilines is 1. The van der Waals surface area contributed by atoms with E-state index in [1.54, 1.807) is 13.1 Å². The third-order valence-corrected chi connectivity index (χ3v) is 2.90. The Bertz CT molecular complexity index is 513. The minimum atomic E-state index is 0.492. The molecule has 2 aromatic rings. The lowest BCUT2D eigenvalue weighted by Gasteiger charge is -2.05. The molecule has 2 aromatic heterocycles. The van der Waals surface area contributed by atoms with Crippen molar-refractivity contribution in [3.05, 3.63) is 17.7 Å². The first-order valence-electron chi connectivity index (χ1n) is 5.24. The Morgan fingerprint density at radius 2 is 2.18 bits per heavy atom. The summed E-state index contributed by atoms with van der Waals surface area (Å²) >= 11 is 1.34. The van der Waals surface area contributed by atoms with E-state index in [2.05, 4.69) is 25.5 Å². The van der Waals surface area contributed by atoms with Gasteiger partial charge < -0.3 is 9.73 Å². The number of aryl methyl sites for hydroxylation is 2. The zero-order valence-corrected chi connectivity index (χ0v) is 10.7. The van der Waals surface area contributed by atoms with Gasteiger partial charge in [0.25, 0.3) is 5.22 Å². The molecular formula is C10H13N5OS. The van der Waals surface area contributed by atoms with Gasteiger partial charge in [0.15, 0.2) is 0 Å². The fourth-order valence-corrected chi connectivity index (χ4v) is 1.93. The van der Waals surface area contributed by atoms with Crippen LogP contribution in [0, 0.1) is 13.8 Å². The van der Waals surface area contributed by atoms with Gasteiger partial charge in [0.2, 0.25) is 11.8 Å². The van der Waals surface area contributed by atoms with Gasteiger partial charge >= 0.3 is 0 Å². The molecule has 0 aliphatic carbocycles. The summed E-state index contributed by atoms with van der Waals surface area (Å²) in [5.41, 5.74) is 0.979. The SMILES string of the molecule is CCNc1ncc(C)c(Sc2nnc(C)o2)n1. The van der Waals surface area contributed by atoms with E-state index in [4.69, 9.17) is 4.42 Å². The van der Waals surface area contributed by atoms with Gasteiger partial charge in [0, 0.05) is 25.2 Å². The van der Waals surface area contributed by atoms with E-state index in [1.807, 2.05) is 13.8 Å². The predicted octanol–water partition coefficient (Wildman–Crippen LogP) is 2.06. The molecule has 0 aliphatic rings. The van der Waals surface area contributed by atoms with Gasteiger partial charge in [-0.3, -0.25) is 0 Å². The van der Waals surface area contributed by atoms with Crippen molar-refractivity contribution < 1.29 is 4.42 Å². The van der Waals surface area contributed by atoms with Gasteiger partial charge in [-0.05, 0) is 25.6 Å². The monoisotopic (exact) mass is 251 g/mol. The van der Waals surface area contributed by atoms with E-state index >= 15 is 0 Å². The molecule has 0 aromatic carbocycles. The normalized spacial score (nSPS) is 10.5. The summed E-state index contributed by atoms with van der Waals surface area (Å²) in [6, 6.07) is 0. The molecule has 1 N–H and O–H groups in total. The van der Waals surface area contributed by atoms with Crippen LogP contribution in [0.5, 0.6) is 0 Å². The zero-order valence-electron chi connectivity index (χ0n) is 9.89. The number of aromatic nitrogens is 4. The predicted molar refractivity (Wildman–Crippen MR) is 64.1 cm³/mol. The maximum atomic E-state index is 5.30. The Morgan fingerprint density at radius 3 is 2.82 bits per heavy atom. The average molecular weight is 251 g/mol. The van der Waals surface area contributed by atoms with Crippen molar-refractivity contribution in [2.45, 2.75) is 31.0 Å². The van der Waals surface area contributed by atoms with Crippen LogP contribution in [0.1, 0.15) is 18.4 Å². The summed E-state index contributed by atoms with van der Waals surface area (Å²) in [6.45, 7) is 6.49. The van der Waals surface area contributed by atoms with Crippen LogP contribution in [-0.2, 0) is 0 Å². The Labute approximate surface area is 103 Å². The first-order valence-corrected chi connectivity index (χ1v) is 6.06. The fourth-order valence-electron chi connectivity index (χ4n) is 1.18. The van der Waals surface area contributed by atoms with Crippen LogP contribution in [0.25, 0.3) is 0 Å². The van der Waals surface area contributed by atoms with Crippen LogP contribution in [0.2, 0.25) is 0 Å². The van der Waals surface area contributed by atoms with E-state index in [9.17, 15) is 0 Å². The lowest BCUT2D eigenvalue weighted by Crippen LogP contribution is -2.03. The number of hydrogen-bond acceptors (Lipinski definition) is 7. The molecule has 0 amide bonds. The lowest BCUT2D eigenvalue weighted by atomic mass is 10.4. The van der Waals surface area contributed by atoms with Crippen molar-refractivity contribution in [3.8, 4) is 0 Å². The Kier molecular flexibility index (Phi) is 3.58. The van der Waals surface area contributed by atoms with Crippen LogP contribution in [0.15, 0.2) is 20.9 Å². The maximum Gasteiger partial charge on any atom is 0.282 e. The third-order valence-electron chi connectivity index (χ3n) is 1.95. The van der Waals surface area contributed by atoms with Gasteiger partial charge in [0.05, 0.1) is 0 Å². The summed E-state index contributed by atoms with van der Waals surface area (Å²) < 4.78 is 5.30. The molecule has 0 saturated heterocycles. The van der Waals surface area contributed by atoms with Crippen molar-refractivity contribution in [1.82, 2.24) is 20.2 Å². The van der Waals surface area contributed by atoms with Crippen molar-refractivity contribution in [2.75, 3.05) is 11.9 Å². The fraction of sp³-hybridized carbons (Fsp3) is 0.400. The molecule has 2 heterocycles. The van der Waals surface area contributed by atoms with Gasteiger partial charge in [-0.15, -0.1) is 10.2 Å². The second-order valence-electron chi connectivity index (χ2n) is 3.40. The molecule has 17 heavy (non-hydrogen) atoms. The van der Waals surface area contributed by atoms with Crippen molar-refractivity contribution in [3.63, 3.8) is 0 Å². The number of hydrogen-bond donors (Lipinski definition) is 1. The molecule has 2 rings (SSSR count). The van der Waals surface area contributed by atoms with E-state index in [-0.39, 0.29) is 0 Å². The van der Waals surface area contributed by atoms with E-state index in [1.165, 1.54) is 11.8 Å². The highest BCUT2D eigenvalue weighted by Gasteiger charge is 2.10. The van der Waals surface area contributed by atoms with Gasteiger partial charge in [0.1, 0.15) is 5.03 Å². The first kappa shape index (κ1) is 11.8. The third kappa shape index (κ3) is 2.94. The molecule has 6 nitrogen and oxygen atoms in total. The standard InChI is InChI=1S/C10H13N5OS/c1-4-11-9-12-5-6(2)8(13-9)17-10-15-14-7(3)16-10/h5H,4H2,1-3H3,(H,11,12,13). The summed E-state index contributed by atoms with van der Waals surface area (Å²) in [5, 5.41) is 12.1. The molecule has 0 aliphatic heterocycles. The molecule has 7 heteroatoms. The maximum absolute atomic E-state index is 5.30.